The summed E-state index contributed by atoms with van der Waals surface area (Å²) >= 11 is 0. The quantitative estimate of drug-likeness (QED) is 0.637. The molecule has 0 saturated heterocycles. The van der Waals surface area contributed by atoms with E-state index in [4.69, 9.17) is 0 Å². The molecular weight excluding hydrogens is 192 g/mol. The Kier molecular flexibility index (Phi) is 3.74. The van der Waals surface area contributed by atoms with Crippen molar-refractivity contribution >= 4 is 11.1 Å². The van der Waals surface area contributed by atoms with E-state index in [0.29, 0.717) is 0 Å². The number of rotatable bonds is 2. The van der Waals surface area contributed by atoms with Gasteiger partial charge in [-0.3, -0.25) is 0 Å². The van der Waals surface area contributed by atoms with Gasteiger partial charge in [-0.25, -0.2) is 0 Å². The summed E-state index contributed by atoms with van der Waals surface area (Å²) in [7, 11) is 0. The van der Waals surface area contributed by atoms with Gasteiger partial charge in [0.15, 0.2) is 0 Å². The number of hydrogen-bond acceptors (Lipinski definition) is 0. The Morgan fingerprint density at radius 3 is 1.81 bits per heavy atom. The molecule has 0 radical (unpaired) electrons. The lowest BCUT2D eigenvalue weighted by Crippen LogP contribution is -2.00. The minimum atomic E-state index is 0.233. The first-order chi connectivity index (χ1) is 7.29. The van der Waals surface area contributed by atoms with Crippen molar-refractivity contribution in [2.45, 2.75) is 34.6 Å². The van der Waals surface area contributed by atoms with Gasteiger partial charge in [0.1, 0.15) is 0 Å². The van der Waals surface area contributed by atoms with Crippen LogP contribution in [0.3, 0.4) is 0 Å². The Morgan fingerprint density at radius 1 is 1.00 bits per heavy atom. The molecule has 0 bridgehead atoms. The van der Waals surface area contributed by atoms with E-state index in [1.54, 1.807) is 0 Å². The summed E-state index contributed by atoms with van der Waals surface area (Å²) in [5.41, 5.74) is 5.19. The second kappa shape index (κ2) is 4.69. The highest BCUT2D eigenvalue weighted by Crippen LogP contribution is 2.24. The molecular formula is C16H22. The molecule has 0 aliphatic rings. The molecule has 0 aliphatic carbocycles. The van der Waals surface area contributed by atoms with Gasteiger partial charge in [-0.15, -0.1) is 0 Å². The van der Waals surface area contributed by atoms with Crippen LogP contribution in [0.25, 0.3) is 11.1 Å². The molecule has 86 valence electrons. The highest BCUT2D eigenvalue weighted by atomic mass is 14.1. The molecule has 1 aromatic carbocycles. The largest absolute Gasteiger partial charge is 0.0955 e. The maximum Gasteiger partial charge on any atom is -0.0197 e. The molecule has 0 atom stereocenters. The summed E-state index contributed by atoms with van der Waals surface area (Å²) in [6.45, 7) is 14.8. The van der Waals surface area contributed by atoms with Gasteiger partial charge in [-0.2, -0.15) is 0 Å². The molecule has 16 heavy (non-hydrogen) atoms. The van der Waals surface area contributed by atoms with Crippen LogP contribution < -0.4 is 0 Å². The summed E-state index contributed by atoms with van der Waals surface area (Å²) in [4.78, 5) is 0. The predicted octanol–water partition coefficient (Wildman–Crippen LogP) is 5.17. The van der Waals surface area contributed by atoms with Crippen LogP contribution in [0.5, 0.6) is 0 Å². The van der Waals surface area contributed by atoms with Crippen molar-refractivity contribution in [2.24, 2.45) is 5.41 Å². The number of benzene rings is 1. The van der Waals surface area contributed by atoms with Crippen molar-refractivity contribution in [1.29, 1.82) is 0 Å². The average molecular weight is 214 g/mol. The molecule has 0 aliphatic heterocycles. The summed E-state index contributed by atoms with van der Waals surface area (Å²) in [5.74, 6) is 0. The molecule has 0 nitrogen and oxygen atoms in total. The molecule has 0 aromatic heterocycles. The van der Waals surface area contributed by atoms with Crippen molar-refractivity contribution in [2.75, 3.05) is 0 Å². The van der Waals surface area contributed by atoms with Crippen LogP contribution in [-0.4, -0.2) is 0 Å². The molecule has 0 heterocycles. The van der Waals surface area contributed by atoms with Crippen LogP contribution in [-0.2, 0) is 0 Å². The lowest BCUT2D eigenvalue weighted by Gasteiger charge is -2.14. The van der Waals surface area contributed by atoms with Crippen molar-refractivity contribution in [3.05, 3.63) is 48.0 Å². The molecule has 1 rings (SSSR count). The van der Waals surface area contributed by atoms with Gasteiger partial charge in [0.25, 0.3) is 0 Å². The van der Waals surface area contributed by atoms with E-state index >= 15 is 0 Å². The third kappa shape index (κ3) is 3.69. The fourth-order valence-corrected chi connectivity index (χ4v) is 1.75. The Labute approximate surface area is 99.7 Å². The smallest absolute Gasteiger partial charge is 0.0197 e. The maximum atomic E-state index is 3.94. The lowest BCUT2D eigenvalue weighted by molar-refractivity contribution is 0.545. The lowest BCUT2D eigenvalue weighted by atomic mass is 9.91. The van der Waals surface area contributed by atoms with Crippen LogP contribution in [0.15, 0.2) is 36.9 Å². The monoisotopic (exact) mass is 214 g/mol. The fraction of sp³-hybridized carbons (Fsp3) is 0.375. The summed E-state index contributed by atoms with van der Waals surface area (Å²) in [6.07, 6.45) is 2.31. The van der Waals surface area contributed by atoms with Crippen molar-refractivity contribution < 1.29 is 0 Å². The summed E-state index contributed by atoms with van der Waals surface area (Å²) < 4.78 is 0. The standard InChI is InChI=1S/C16H22/c1-12(2)14-7-9-15(10-8-14)13(3)11-16(4,5)6/h7-11H,1H2,2-6H3/b13-11-. The van der Waals surface area contributed by atoms with Crippen LogP contribution in [0.2, 0.25) is 0 Å². The van der Waals surface area contributed by atoms with Gasteiger partial charge in [-0.1, -0.05) is 63.3 Å². The van der Waals surface area contributed by atoms with Crippen LogP contribution in [0.1, 0.15) is 45.7 Å². The first-order valence-corrected chi connectivity index (χ1v) is 5.75. The summed E-state index contributed by atoms with van der Waals surface area (Å²) in [6, 6.07) is 8.61. The normalized spacial score (nSPS) is 12.7. The van der Waals surface area contributed by atoms with Gasteiger partial charge >= 0.3 is 0 Å². The minimum Gasteiger partial charge on any atom is -0.0955 e. The minimum absolute atomic E-state index is 0.233. The first kappa shape index (κ1) is 12.8. The average Bonchev–Trinajstić information content (AvgIpc) is 2.15. The Hall–Kier alpha value is -1.30. The first-order valence-electron chi connectivity index (χ1n) is 5.75. The maximum absolute atomic E-state index is 3.94. The molecule has 0 spiro atoms. The molecule has 0 amide bonds. The third-order valence-electron chi connectivity index (χ3n) is 2.48. The highest BCUT2D eigenvalue weighted by Gasteiger charge is 2.07. The van der Waals surface area contributed by atoms with Crippen LogP contribution in [0.4, 0.5) is 0 Å². The van der Waals surface area contributed by atoms with E-state index in [2.05, 4.69) is 64.6 Å². The van der Waals surface area contributed by atoms with Crippen LogP contribution in [0, 0.1) is 5.41 Å². The SMILES string of the molecule is C=C(C)c1ccc(/C(C)=C\C(C)(C)C)cc1. The molecule has 0 heteroatoms. The zero-order valence-corrected chi connectivity index (χ0v) is 11.1. The van der Waals surface area contributed by atoms with Gasteiger partial charge in [0.2, 0.25) is 0 Å². The molecule has 0 fully saturated rings. The van der Waals surface area contributed by atoms with Crippen molar-refractivity contribution in [3.63, 3.8) is 0 Å². The second-order valence-corrected chi connectivity index (χ2v) is 5.55. The molecule has 0 saturated carbocycles. The van der Waals surface area contributed by atoms with E-state index in [0.717, 1.165) is 5.57 Å². The van der Waals surface area contributed by atoms with E-state index < -0.39 is 0 Å². The Bertz CT molecular complexity index is 397. The van der Waals surface area contributed by atoms with E-state index in [-0.39, 0.29) is 5.41 Å². The number of hydrogen-bond donors (Lipinski definition) is 0. The van der Waals surface area contributed by atoms with Gasteiger partial charge < -0.3 is 0 Å². The number of allylic oxidation sites excluding steroid dienone is 3. The Morgan fingerprint density at radius 2 is 1.44 bits per heavy atom. The van der Waals surface area contributed by atoms with E-state index in [9.17, 15) is 0 Å². The van der Waals surface area contributed by atoms with Gasteiger partial charge in [-0.05, 0) is 36.0 Å². The molecule has 0 N–H and O–H groups in total. The fourth-order valence-electron chi connectivity index (χ4n) is 1.75. The Balaban J connectivity index is 2.99. The summed E-state index contributed by atoms with van der Waals surface area (Å²) in [5, 5.41) is 0. The van der Waals surface area contributed by atoms with Crippen molar-refractivity contribution in [3.8, 4) is 0 Å². The molecule has 1 aromatic rings. The third-order valence-corrected chi connectivity index (χ3v) is 2.48. The highest BCUT2D eigenvalue weighted by molar-refractivity contribution is 5.68. The van der Waals surface area contributed by atoms with Crippen molar-refractivity contribution in [1.82, 2.24) is 0 Å². The van der Waals surface area contributed by atoms with E-state index in [1.807, 2.05) is 6.92 Å². The predicted molar refractivity (Wildman–Crippen MR) is 74.3 cm³/mol. The van der Waals surface area contributed by atoms with E-state index in [1.165, 1.54) is 16.7 Å². The van der Waals surface area contributed by atoms with Gasteiger partial charge in [0.05, 0.1) is 0 Å². The topological polar surface area (TPSA) is 0 Å². The zero-order chi connectivity index (χ0) is 12.3. The van der Waals surface area contributed by atoms with Crippen LogP contribution >= 0.6 is 0 Å². The van der Waals surface area contributed by atoms with Gasteiger partial charge in [0, 0.05) is 0 Å². The second-order valence-electron chi connectivity index (χ2n) is 5.55. The zero-order valence-electron chi connectivity index (χ0n) is 11.1. The molecule has 0 unspecified atom stereocenters.